The van der Waals surface area contributed by atoms with Gasteiger partial charge >= 0.3 is 0 Å². The van der Waals surface area contributed by atoms with Crippen LogP contribution in [0.4, 0.5) is 4.39 Å². The Kier molecular flexibility index (Phi) is 4.69. The maximum atomic E-state index is 13.8. The summed E-state index contributed by atoms with van der Waals surface area (Å²) in [5.41, 5.74) is 1.61. The minimum atomic E-state index is -0.454. The van der Waals surface area contributed by atoms with E-state index in [9.17, 15) is 9.18 Å². The summed E-state index contributed by atoms with van der Waals surface area (Å²) in [6, 6.07) is 9.74. The molecule has 6 nitrogen and oxygen atoms in total. The van der Waals surface area contributed by atoms with E-state index in [4.69, 9.17) is 9.57 Å². The van der Waals surface area contributed by atoms with Crippen LogP contribution in [0.3, 0.4) is 0 Å². The number of ether oxygens (including phenoxy) is 1. The Hall–Kier alpha value is -2.96. The van der Waals surface area contributed by atoms with Gasteiger partial charge in [0.2, 0.25) is 0 Å². The first-order valence-corrected chi connectivity index (χ1v) is 7.43. The van der Waals surface area contributed by atoms with Gasteiger partial charge < -0.3 is 14.9 Å². The highest BCUT2D eigenvalue weighted by Crippen LogP contribution is 2.22. The van der Waals surface area contributed by atoms with Crippen molar-refractivity contribution in [1.29, 1.82) is 0 Å². The zero-order valence-electron chi connectivity index (χ0n) is 13.0. The van der Waals surface area contributed by atoms with Crippen LogP contribution in [0.15, 0.2) is 47.8 Å². The van der Waals surface area contributed by atoms with E-state index in [2.05, 4.69) is 15.5 Å². The number of oxime groups is 1. The zero-order valence-corrected chi connectivity index (χ0v) is 13.0. The van der Waals surface area contributed by atoms with Crippen molar-refractivity contribution in [2.75, 3.05) is 13.7 Å². The lowest BCUT2D eigenvalue weighted by Gasteiger charge is -2.09. The summed E-state index contributed by atoms with van der Waals surface area (Å²) >= 11 is 0. The molecule has 3 rings (SSSR count). The van der Waals surface area contributed by atoms with E-state index in [-0.39, 0.29) is 17.8 Å². The molecule has 2 heterocycles. The summed E-state index contributed by atoms with van der Waals surface area (Å²) in [4.78, 5) is 21.2. The Bertz CT molecular complexity index is 765. The highest BCUT2D eigenvalue weighted by molar-refractivity contribution is 6.01. The third-order valence-electron chi connectivity index (χ3n) is 3.61. The molecule has 0 saturated heterocycles. The van der Waals surface area contributed by atoms with Crippen LogP contribution in [0.1, 0.15) is 22.5 Å². The summed E-state index contributed by atoms with van der Waals surface area (Å²) < 4.78 is 18.6. The van der Waals surface area contributed by atoms with Gasteiger partial charge in [0.15, 0.2) is 11.6 Å². The number of nitrogens with one attached hydrogen (secondary N) is 1. The van der Waals surface area contributed by atoms with Gasteiger partial charge in [0.25, 0.3) is 5.91 Å². The van der Waals surface area contributed by atoms with Crippen LogP contribution >= 0.6 is 0 Å². The van der Waals surface area contributed by atoms with Crippen molar-refractivity contribution in [2.45, 2.75) is 12.5 Å². The number of methoxy groups -OCH3 is 1. The van der Waals surface area contributed by atoms with Crippen LogP contribution in [0.25, 0.3) is 0 Å². The molecule has 1 amide bonds. The number of carbonyl (C=O) groups excluding carboxylic acids is 1. The van der Waals surface area contributed by atoms with Gasteiger partial charge in [0.05, 0.1) is 19.4 Å². The number of hydrogen-bond acceptors (Lipinski definition) is 5. The minimum Gasteiger partial charge on any atom is -0.494 e. The zero-order chi connectivity index (χ0) is 16.9. The second kappa shape index (κ2) is 7.08. The third kappa shape index (κ3) is 3.51. The topological polar surface area (TPSA) is 72.8 Å². The SMILES string of the molecule is COc1ccc(C2=NO[C@@H](CNC(=O)c3ccccn3)C2)cc1F. The van der Waals surface area contributed by atoms with Crippen molar-refractivity contribution in [2.24, 2.45) is 5.16 Å². The highest BCUT2D eigenvalue weighted by atomic mass is 19.1. The Labute approximate surface area is 138 Å². The van der Waals surface area contributed by atoms with Crippen molar-refractivity contribution >= 4 is 11.6 Å². The van der Waals surface area contributed by atoms with Gasteiger partial charge in [0, 0.05) is 18.2 Å². The first-order chi connectivity index (χ1) is 11.7. The van der Waals surface area contributed by atoms with E-state index in [1.54, 1.807) is 36.5 Å². The Morgan fingerprint density at radius 2 is 2.29 bits per heavy atom. The number of carbonyl (C=O) groups is 1. The first kappa shape index (κ1) is 15.9. The van der Waals surface area contributed by atoms with Crippen LogP contribution in [0.5, 0.6) is 5.75 Å². The van der Waals surface area contributed by atoms with Gasteiger partial charge in [-0.05, 0) is 30.3 Å². The molecule has 1 N–H and O–H groups in total. The monoisotopic (exact) mass is 329 g/mol. The molecule has 7 heteroatoms. The fourth-order valence-corrected chi connectivity index (χ4v) is 2.35. The molecule has 1 aliphatic heterocycles. The van der Waals surface area contributed by atoms with Gasteiger partial charge in [0.1, 0.15) is 11.8 Å². The fraction of sp³-hybridized carbons (Fsp3) is 0.235. The second-order valence-corrected chi connectivity index (χ2v) is 5.24. The number of nitrogens with zero attached hydrogens (tertiary/aromatic N) is 2. The standard InChI is InChI=1S/C17H16FN3O3/c1-23-16-6-5-11(8-13(16)18)15-9-12(24-21-15)10-20-17(22)14-4-2-3-7-19-14/h2-8,12H,9-10H2,1H3,(H,20,22)/t12-/m1/s1. The van der Waals surface area contributed by atoms with Gasteiger partial charge in [-0.25, -0.2) is 4.39 Å². The van der Waals surface area contributed by atoms with E-state index < -0.39 is 5.82 Å². The quantitative estimate of drug-likeness (QED) is 0.912. The summed E-state index contributed by atoms with van der Waals surface area (Å²) in [6.45, 7) is 0.293. The third-order valence-corrected chi connectivity index (χ3v) is 3.61. The lowest BCUT2D eigenvalue weighted by molar-refractivity contribution is 0.0751. The van der Waals surface area contributed by atoms with Crippen molar-refractivity contribution in [1.82, 2.24) is 10.3 Å². The lowest BCUT2D eigenvalue weighted by Crippen LogP contribution is -2.32. The minimum absolute atomic E-state index is 0.178. The summed E-state index contributed by atoms with van der Waals surface area (Å²) in [5.74, 6) is -0.551. The number of benzene rings is 1. The average molecular weight is 329 g/mol. The molecule has 24 heavy (non-hydrogen) atoms. The maximum Gasteiger partial charge on any atom is 0.270 e. The maximum absolute atomic E-state index is 13.8. The van der Waals surface area contributed by atoms with Gasteiger partial charge in [-0.15, -0.1) is 0 Å². The molecule has 124 valence electrons. The Morgan fingerprint density at radius 1 is 1.42 bits per heavy atom. The normalized spacial score (nSPS) is 16.2. The number of amides is 1. The summed E-state index contributed by atoms with van der Waals surface area (Å²) in [5, 5.41) is 6.73. The fourth-order valence-electron chi connectivity index (χ4n) is 2.35. The predicted octanol–water partition coefficient (Wildman–Crippen LogP) is 2.15. The van der Waals surface area contributed by atoms with Gasteiger partial charge in [-0.2, -0.15) is 0 Å². The van der Waals surface area contributed by atoms with Crippen LogP contribution < -0.4 is 10.1 Å². The average Bonchev–Trinajstić information content (AvgIpc) is 3.09. The molecule has 1 aromatic heterocycles. The molecule has 0 spiro atoms. The Morgan fingerprint density at radius 3 is 3.00 bits per heavy atom. The van der Waals surface area contributed by atoms with Gasteiger partial charge in [-0.1, -0.05) is 11.2 Å². The highest BCUT2D eigenvalue weighted by Gasteiger charge is 2.23. The van der Waals surface area contributed by atoms with E-state index in [0.717, 1.165) is 0 Å². The molecule has 0 bridgehead atoms. The molecule has 0 unspecified atom stereocenters. The predicted molar refractivity (Wildman–Crippen MR) is 85.5 cm³/mol. The number of pyridine rings is 1. The summed E-state index contributed by atoms with van der Waals surface area (Å²) in [7, 11) is 1.41. The number of hydrogen-bond donors (Lipinski definition) is 1. The van der Waals surface area contributed by atoms with Crippen molar-refractivity contribution in [3.63, 3.8) is 0 Å². The van der Waals surface area contributed by atoms with E-state index >= 15 is 0 Å². The van der Waals surface area contributed by atoms with Crippen molar-refractivity contribution < 1.29 is 18.8 Å². The van der Waals surface area contributed by atoms with Crippen LogP contribution in [-0.2, 0) is 4.84 Å². The molecule has 2 aromatic rings. The molecule has 1 atom stereocenters. The second-order valence-electron chi connectivity index (χ2n) is 5.24. The molecule has 1 aliphatic rings. The Balaban J connectivity index is 1.55. The smallest absolute Gasteiger partial charge is 0.270 e. The molecule has 0 fully saturated rings. The van der Waals surface area contributed by atoms with E-state index in [0.29, 0.717) is 29.9 Å². The molecule has 1 aromatic carbocycles. The van der Waals surface area contributed by atoms with Gasteiger partial charge in [-0.3, -0.25) is 9.78 Å². The van der Waals surface area contributed by atoms with E-state index in [1.165, 1.54) is 13.2 Å². The van der Waals surface area contributed by atoms with Crippen LogP contribution in [0, 0.1) is 5.82 Å². The molecular weight excluding hydrogens is 313 g/mol. The largest absolute Gasteiger partial charge is 0.494 e. The molecule has 0 aliphatic carbocycles. The summed E-state index contributed by atoms with van der Waals surface area (Å²) in [6.07, 6.45) is 1.74. The molecule has 0 saturated carbocycles. The molecule has 0 radical (unpaired) electrons. The van der Waals surface area contributed by atoms with Crippen LogP contribution in [-0.4, -0.2) is 36.4 Å². The number of aromatic nitrogens is 1. The number of rotatable bonds is 5. The van der Waals surface area contributed by atoms with Crippen LogP contribution in [0.2, 0.25) is 0 Å². The lowest BCUT2D eigenvalue weighted by atomic mass is 10.0. The number of halogens is 1. The van der Waals surface area contributed by atoms with Crippen molar-refractivity contribution in [3.8, 4) is 5.75 Å². The van der Waals surface area contributed by atoms with Crippen molar-refractivity contribution in [3.05, 3.63) is 59.7 Å². The van der Waals surface area contributed by atoms with E-state index in [1.807, 2.05) is 0 Å². The first-order valence-electron chi connectivity index (χ1n) is 7.43. The molecular formula is C17H16FN3O3.